The first kappa shape index (κ1) is 16.9. The lowest BCUT2D eigenvalue weighted by atomic mass is 10.2. The molecule has 0 radical (unpaired) electrons. The van der Waals surface area contributed by atoms with Crippen LogP contribution >= 0.6 is 0 Å². The van der Waals surface area contributed by atoms with Gasteiger partial charge in [0.15, 0.2) is 0 Å². The quantitative estimate of drug-likeness (QED) is 0.498. The number of carbonyl (C=O) groups excluding carboxylic acids is 1. The fourth-order valence-electron chi connectivity index (χ4n) is 1.95. The summed E-state index contributed by atoms with van der Waals surface area (Å²) in [7, 11) is 3.04. The van der Waals surface area contributed by atoms with Crippen molar-refractivity contribution in [3.05, 3.63) is 63.7 Å². The lowest BCUT2D eigenvalue weighted by Gasteiger charge is -2.05. The van der Waals surface area contributed by atoms with Crippen molar-refractivity contribution in [1.82, 2.24) is 5.43 Å². The summed E-state index contributed by atoms with van der Waals surface area (Å²) in [5.41, 5.74) is 2.54. The Hall–Kier alpha value is -3.42. The maximum atomic E-state index is 12.0. The molecule has 1 amide bonds. The van der Waals surface area contributed by atoms with E-state index in [1.807, 2.05) is 0 Å². The summed E-state index contributed by atoms with van der Waals surface area (Å²) in [4.78, 5) is 22.3. The van der Waals surface area contributed by atoms with E-state index in [1.54, 1.807) is 24.3 Å². The van der Waals surface area contributed by atoms with Crippen LogP contribution in [0.25, 0.3) is 0 Å². The Bertz CT molecular complexity index is 767. The highest BCUT2D eigenvalue weighted by molar-refractivity contribution is 5.98. The van der Waals surface area contributed by atoms with Crippen molar-refractivity contribution in [3.63, 3.8) is 0 Å². The number of hydrogen-bond acceptors (Lipinski definition) is 6. The van der Waals surface area contributed by atoms with E-state index in [1.165, 1.54) is 38.6 Å². The predicted molar refractivity (Wildman–Crippen MR) is 87.7 cm³/mol. The largest absolute Gasteiger partial charge is 0.497 e. The van der Waals surface area contributed by atoms with Gasteiger partial charge in [0.2, 0.25) is 0 Å². The van der Waals surface area contributed by atoms with Crippen LogP contribution < -0.4 is 14.9 Å². The molecule has 0 saturated carbocycles. The summed E-state index contributed by atoms with van der Waals surface area (Å²) in [6, 6.07) is 10.7. The van der Waals surface area contributed by atoms with Crippen molar-refractivity contribution in [3.8, 4) is 11.5 Å². The molecule has 0 heterocycles. The molecule has 124 valence electrons. The molecule has 0 aliphatic rings. The van der Waals surface area contributed by atoms with Gasteiger partial charge in [0.05, 0.1) is 25.4 Å². The summed E-state index contributed by atoms with van der Waals surface area (Å²) in [6.45, 7) is 0. The highest BCUT2D eigenvalue weighted by Crippen LogP contribution is 2.21. The van der Waals surface area contributed by atoms with Gasteiger partial charge in [-0.3, -0.25) is 14.9 Å². The molecule has 8 nitrogen and oxygen atoms in total. The molecule has 0 fully saturated rings. The number of nitro benzene ring substituents is 1. The number of benzene rings is 2. The number of hydrazone groups is 1. The third kappa shape index (κ3) is 4.07. The molecule has 0 atom stereocenters. The molecule has 2 aromatic rings. The second-order valence-electron chi connectivity index (χ2n) is 4.62. The van der Waals surface area contributed by atoms with Gasteiger partial charge in [-0.15, -0.1) is 0 Å². The molecule has 1 N–H and O–H groups in total. The Kier molecular flexibility index (Phi) is 5.45. The Balaban J connectivity index is 2.15. The number of nitro groups is 1. The number of ether oxygens (including phenoxy) is 2. The van der Waals surface area contributed by atoms with Crippen LogP contribution in [0, 0.1) is 10.1 Å². The van der Waals surface area contributed by atoms with Crippen LogP contribution in [0.5, 0.6) is 11.5 Å². The summed E-state index contributed by atoms with van der Waals surface area (Å²) >= 11 is 0. The summed E-state index contributed by atoms with van der Waals surface area (Å²) < 4.78 is 10.3. The number of para-hydroxylation sites is 1. The van der Waals surface area contributed by atoms with E-state index >= 15 is 0 Å². The molecule has 0 aliphatic carbocycles. The molecule has 8 heteroatoms. The van der Waals surface area contributed by atoms with Gasteiger partial charge in [0, 0.05) is 17.7 Å². The molecule has 0 spiro atoms. The van der Waals surface area contributed by atoms with Crippen molar-refractivity contribution in [2.24, 2.45) is 5.10 Å². The highest BCUT2D eigenvalue weighted by Gasteiger charge is 2.18. The Labute approximate surface area is 137 Å². The zero-order valence-electron chi connectivity index (χ0n) is 13.1. The van der Waals surface area contributed by atoms with E-state index in [0.717, 1.165) is 0 Å². The molecule has 0 bridgehead atoms. The zero-order chi connectivity index (χ0) is 17.5. The molecular weight excluding hydrogens is 314 g/mol. The van der Waals surface area contributed by atoms with Crippen LogP contribution in [-0.2, 0) is 0 Å². The van der Waals surface area contributed by atoms with Crippen molar-refractivity contribution >= 4 is 17.8 Å². The number of amides is 1. The van der Waals surface area contributed by atoms with Gasteiger partial charge in [-0.25, -0.2) is 5.43 Å². The first-order chi connectivity index (χ1) is 11.5. The SMILES string of the molecule is COc1cc(/C=N/NC(=O)c2ccccc2[N+](=O)[O-])cc(OC)c1. The minimum atomic E-state index is -0.673. The van der Waals surface area contributed by atoms with Gasteiger partial charge in [-0.05, 0) is 18.2 Å². The first-order valence-electron chi connectivity index (χ1n) is 6.85. The Morgan fingerprint density at radius 3 is 2.38 bits per heavy atom. The Morgan fingerprint density at radius 1 is 1.17 bits per heavy atom. The summed E-state index contributed by atoms with van der Waals surface area (Å²) in [5, 5.41) is 14.7. The van der Waals surface area contributed by atoms with Crippen molar-refractivity contribution in [1.29, 1.82) is 0 Å². The van der Waals surface area contributed by atoms with Gasteiger partial charge in [0.1, 0.15) is 17.1 Å². The molecule has 0 aliphatic heterocycles. The number of nitrogens with zero attached hydrogens (tertiary/aromatic N) is 2. The lowest BCUT2D eigenvalue weighted by molar-refractivity contribution is -0.385. The van der Waals surface area contributed by atoms with Gasteiger partial charge < -0.3 is 9.47 Å². The van der Waals surface area contributed by atoms with Crippen LogP contribution in [0.3, 0.4) is 0 Å². The van der Waals surface area contributed by atoms with Gasteiger partial charge in [-0.1, -0.05) is 12.1 Å². The lowest BCUT2D eigenvalue weighted by Crippen LogP contribution is -2.18. The van der Waals surface area contributed by atoms with Crippen LogP contribution in [-0.4, -0.2) is 31.3 Å². The minimum absolute atomic E-state index is 0.0668. The topological polar surface area (TPSA) is 103 Å². The van der Waals surface area contributed by atoms with Gasteiger partial charge in [0.25, 0.3) is 11.6 Å². The van der Waals surface area contributed by atoms with Gasteiger partial charge in [-0.2, -0.15) is 5.10 Å². The predicted octanol–water partition coefficient (Wildman–Crippen LogP) is 2.38. The van der Waals surface area contributed by atoms with Crippen molar-refractivity contribution < 1.29 is 19.2 Å². The minimum Gasteiger partial charge on any atom is -0.497 e. The maximum absolute atomic E-state index is 12.0. The second kappa shape index (κ2) is 7.73. The van der Waals surface area contributed by atoms with Crippen molar-refractivity contribution in [2.75, 3.05) is 14.2 Å². The average Bonchev–Trinajstić information content (AvgIpc) is 2.61. The first-order valence-corrected chi connectivity index (χ1v) is 6.85. The summed E-state index contributed by atoms with van der Waals surface area (Å²) in [5.74, 6) is 0.468. The normalized spacial score (nSPS) is 10.4. The van der Waals surface area contributed by atoms with E-state index in [0.29, 0.717) is 17.1 Å². The fourth-order valence-corrected chi connectivity index (χ4v) is 1.95. The summed E-state index contributed by atoms with van der Waals surface area (Å²) in [6.07, 6.45) is 1.39. The maximum Gasteiger partial charge on any atom is 0.282 e. The molecule has 0 unspecified atom stereocenters. The van der Waals surface area contributed by atoms with Crippen LogP contribution in [0.15, 0.2) is 47.6 Å². The standard InChI is InChI=1S/C16H15N3O5/c1-23-12-7-11(8-13(9-12)24-2)10-17-18-16(20)14-5-3-4-6-15(14)19(21)22/h3-10H,1-2H3,(H,18,20)/b17-10+. The molecule has 0 aromatic heterocycles. The van der Waals surface area contributed by atoms with E-state index in [-0.39, 0.29) is 11.3 Å². The number of hydrogen-bond donors (Lipinski definition) is 1. The van der Waals surface area contributed by atoms with E-state index in [2.05, 4.69) is 10.5 Å². The van der Waals surface area contributed by atoms with E-state index < -0.39 is 10.8 Å². The highest BCUT2D eigenvalue weighted by atomic mass is 16.6. The third-order valence-electron chi connectivity index (χ3n) is 3.10. The van der Waals surface area contributed by atoms with E-state index in [4.69, 9.17) is 9.47 Å². The number of rotatable bonds is 6. The van der Waals surface area contributed by atoms with Crippen molar-refractivity contribution in [2.45, 2.75) is 0 Å². The molecular formula is C16H15N3O5. The van der Waals surface area contributed by atoms with E-state index in [9.17, 15) is 14.9 Å². The molecule has 24 heavy (non-hydrogen) atoms. The number of nitrogens with one attached hydrogen (secondary N) is 1. The van der Waals surface area contributed by atoms with Crippen LogP contribution in [0.4, 0.5) is 5.69 Å². The monoisotopic (exact) mass is 329 g/mol. The molecule has 2 aromatic carbocycles. The second-order valence-corrected chi connectivity index (χ2v) is 4.62. The number of methoxy groups -OCH3 is 2. The van der Waals surface area contributed by atoms with Crippen LogP contribution in [0.2, 0.25) is 0 Å². The number of carbonyl (C=O) groups is 1. The fraction of sp³-hybridized carbons (Fsp3) is 0.125. The third-order valence-corrected chi connectivity index (χ3v) is 3.10. The smallest absolute Gasteiger partial charge is 0.282 e. The molecule has 2 rings (SSSR count). The average molecular weight is 329 g/mol. The van der Waals surface area contributed by atoms with Gasteiger partial charge >= 0.3 is 0 Å². The van der Waals surface area contributed by atoms with Crippen LogP contribution in [0.1, 0.15) is 15.9 Å². The zero-order valence-corrected chi connectivity index (χ0v) is 13.1. The molecule has 0 saturated heterocycles. The Morgan fingerprint density at radius 2 is 1.79 bits per heavy atom.